The summed E-state index contributed by atoms with van der Waals surface area (Å²) in [5.41, 5.74) is 2.87. The second-order valence-corrected chi connectivity index (χ2v) is 8.10. The lowest BCUT2D eigenvalue weighted by molar-refractivity contribution is -0.132. The number of hydrogen-bond acceptors (Lipinski definition) is 8. The second-order valence-electron chi connectivity index (χ2n) is 6.38. The molecule has 0 aliphatic carbocycles. The maximum Gasteiger partial charge on any atom is 0.315 e. The fourth-order valence-corrected chi connectivity index (χ4v) is 4.34. The Morgan fingerprint density at radius 3 is 1.53 bits per heavy atom. The van der Waals surface area contributed by atoms with Crippen LogP contribution in [0.4, 0.5) is 10.3 Å². The molecule has 4 rings (SSSR count). The lowest BCUT2D eigenvalue weighted by Crippen LogP contribution is -2.28. The molecule has 0 aliphatic rings. The van der Waals surface area contributed by atoms with Gasteiger partial charge in [-0.1, -0.05) is 24.3 Å². The van der Waals surface area contributed by atoms with Crippen LogP contribution in [0.2, 0.25) is 0 Å². The number of carbonyl (C=O) groups is 2. The highest BCUT2D eigenvalue weighted by Gasteiger charge is 2.19. The molecule has 0 aliphatic heterocycles. The Morgan fingerprint density at radius 1 is 0.719 bits per heavy atom. The molecule has 0 unspecified atom stereocenters. The highest BCUT2D eigenvalue weighted by molar-refractivity contribution is 7.14. The standard InChI is InChI=1S/C22H18N4O4S2/c1-29-17-9-5-3-7-13(17)15-11-31-21(23-15)25-19(27)20(28)26-22-24-16(12-32-22)14-8-4-6-10-18(14)30-2/h3-12H,1-2H3,(H,23,25,27)(H,24,26,28). The van der Waals surface area contributed by atoms with Gasteiger partial charge in [-0.3, -0.25) is 20.2 Å². The summed E-state index contributed by atoms with van der Waals surface area (Å²) in [6.45, 7) is 0. The smallest absolute Gasteiger partial charge is 0.315 e. The number of nitrogens with zero attached hydrogens (tertiary/aromatic N) is 2. The largest absolute Gasteiger partial charge is 0.496 e. The van der Waals surface area contributed by atoms with Gasteiger partial charge in [-0.25, -0.2) is 9.97 Å². The highest BCUT2D eigenvalue weighted by atomic mass is 32.1. The molecule has 0 atom stereocenters. The van der Waals surface area contributed by atoms with Crippen molar-refractivity contribution in [1.82, 2.24) is 9.97 Å². The van der Waals surface area contributed by atoms with Gasteiger partial charge in [0.25, 0.3) is 0 Å². The molecule has 2 amide bonds. The number of thiazole rings is 2. The average molecular weight is 467 g/mol. The van der Waals surface area contributed by atoms with E-state index < -0.39 is 11.8 Å². The van der Waals surface area contributed by atoms with Crippen LogP contribution in [0.5, 0.6) is 11.5 Å². The number of ether oxygens (including phenoxy) is 2. The summed E-state index contributed by atoms with van der Waals surface area (Å²) in [4.78, 5) is 33.4. The molecule has 0 spiro atoms. The molecular weight excluding hydrogens is 448 g/mol. The maximum absolute atomic E-state index is 12.3. The fraction of sp³-hybridized carbons (Fsp3) is 0.0909. The van der Waals surface area contributed by atoms with Crippen molar-refractivity contribution in [2.45, 2.75) is 0 Å². The van der Waals surface area contributed by atoms with Gasteiger partial charge in [0, 0.05) is 21.9 Å². The lowest BCUT2D eigenvalue weighted by atomic mass is 10.1. The van der Waals surface area contributed by atoms with E-state index in [2.05, 4.69) is 20.6 Å². The predicted octanol–water partition coefficient (Wildman–Crippen LogP) is 4.53. The van der Waals surface area contributed by atoms with E-state index in [4.69, 9.17) is 9.47 Å². The molecule has 0 saturated heterocycles. The van der Waals surface area contributed by atoms with Crippen LogP contribution in [0.3, 0.4) is 0 Å². The average Bonchev–Trinajstić information content (AvgIpc) is 3.48. The summed E-state index contributed by atoms with van der Waals surface area (Å²) >= 11 is 2.43. The van der Waals surface area contributed by atoms with Gasteiger partial charge in [-0.2, -0.15) is 0 Å². The molecule has 0 bridgehead atoms. The number of para-hydroxylation sites is 2. The van der Waals surface area contributed by atoms with E-state index in [1.807, 2.05) is 48.5 Å². The molecule has 2 heterocycles. The van der Waals surface area contributed by atoms with E-state index in [0.29, 0.717) is 33.1 Å². The Bertz CT molecular complexity index is 1170. The summed E-state index contributed by atoms with van der Waals surface area (Å²) in [5, 5.41) is 9.22. The summed E-state index contributed by atoms with van der Waals surface area (Å²) in [5.74, 6) is -0.328. The Balaban J connectivity index is 1.42. The van der Waals surface area contributed by atoms with Gasteiger partial charge in [-0.15, -0.1) is 22.7 Å². The molecular formula is C22H18N4O4S2. The zero-order chi connectivity index (χ0) is 22.5. The van der Waals surface area contributed by atoms with Crippen LogP contribution in [0, 0.1) is 0 Å². The van der Waals surface area contributed by atoms with Gasteiger partial charge in [0.05, 0.1) is 25.6 Å². The predicted molar refractivity (Wildman–Crippen MR) is 125 cm³/mol. The number of methoxy groups -OCH3 is 2. The van der Waals surface area contributed by atoms with Crippen LogP contribution in [-0.2, 0) is 9.59 Å². The Morgan fingerprint density at radius 2 is 1.12 bits per heavy atom. The molecule has 0 fully saturated rings. The molecule has 162 valence electrons. The van der Waals surface area contributed by atoms with Crippen molar-refractivity contribution in [3.63, 3.8) is 0 Å². The second kappa shape index (κ2) is 9.58. The van der Waals surface area contributed by atoms with Crippen LogP contribution in [0.1, 0.15) is 0 Å². The molecule has 4 aromatic rings. The first kappa shape index (κ1) is 21.5. The van der Waals surface area contributed by atoms with E-state index in [0.717, 1.165) is 11.1 Å². The third kappa shape index (κ3) is 4.61. The number of hydrogen-bond donors (Lipinski definition) is 2. The van der Waals surface area contributed by atoms with Gasteiger partial charge < -0.3 is 9.47 Å². The van der Waals surface area contributed by atoms with Crippen molar-refractivity contribution >= 4 is 44.8 Å². The topological polar surface area (TPSA) is 102 Å². The van der Waals surface area contributed by atoms with Crippen molar-refractivity contribution in [2.24, 2.45) is 0 Å². The van der Waals surface area contributed by atoms with Crippen molar-refractivity contribution in [3.8, 4) is 34.0 Å². The van der Waals surface area contributed by atoms with E-state index in [1.54, 1.807) is 25.0 Å². The number of rotatable bonds is 6. The van der Waals surface area contributed by atoms with Gasteiger partial charge in [0.1, 0.15) is 11.5 Å². The summed E-state index contributed by atoms with van der Waals surface area (Å²) in [6.07, 6.45) is 0. The first-order valence-electron chi connectivity index (χ1n) is 9.39. The Labute approximate surface area is 191 Å². The van der Waals surface area contributed by atoms with Gasteiger partial charge in [0.2, 0.25) is 0 Å². The van der Waals surface area contributed by atoms with Gasteiger partial charge in [0.15, 0.2) is 10.3 Å². The molecule has 0 saturated carbocycles. The SMILES string of the molecule is COc1ccccc1-c1csc(NC(=O)C(=O)Nc2nc(-c3ccccc3OC)cs2)n1. The summed E-state index contributed by atoms with van der Waals surface area (Å²) in [6, 6.07) is 14.9. The van der Waals surface area contributed by atoms with E-state index in [1.165, 1.54) is 22.7 Å². The van der Waals surface area contributed by atoms with E-state index in [-0.39, 0.29) is 0 Å². The number of anilines is 2. The normalized spacial score (nSPS) is 10.4. The lowest BCUT2D eigenvalue weighted by Gasteiger charge is -2.05. The molecule has 2 aromatic carbocycles. The zero-order valence-electron chi connectivity index (χ0n) is 17.1. The number of benzene rings is 2. The summed E-state index contributed by atoms with van der Waals surface area (Å²) in [7, 11) is 3.16. The Hall–Kier alpha value is -3.76. The minimum Gasteiger partial charge on any atom is -0.496 e. The van der Waals surface area contributed by atoms with Crippen LogP contribution in [-0.4, -0.2) is 36.0 Å². The molecule has 2 aromatic heterocycles. The van der Waals surface area contributed by atoms with Crippen molar-refractivity contribution in [3.05, 3.63) is 59.3 Å². The van der Waals surface area contributed by atoms with Crippen LogP contribution >= 0.6 is 22.7 Å². The molecule has 8 nitrogen and oxygen atoms in total. The third-order valence-corrected chi connectivity index (χ3v) is 5.94. The fourth-order valence-electron chi connectivity index (χ4n) is 2.93. The van der Waals surface area contributed by atoms with Gasteiger partial charge >= 0.3 is 11.8 Å². The number of nitrogens with one attached hydrogen (secondary N) is 2. The monoisotopic (exact) mass is 466 g/mol. The van der Waals surface area contributed by atoms with Crippen LogP contribution in [0.25, 0.3) is 22.5 Å². The third-order valence-electron chi connectivity index (χ3n) is 4.42. The van der Waals surface area contributed by atoms with Crippen molar-refractivity contribution < 1.29 is 19.1 Å². The van der Waals surface area contributed by atoms with E-state index in [9.17, 15) is 9.59 Å². The van der Waals surface area contributed by atoms with Crippen molar-refractivity contribution in [1.29, 1.82) is 0 Å². The molecule has 10 heteroatoms. The van der Waals surface area contributed by atoms with E-state index >= 15 is 0 Å². The number of aromatic nitrogens is 2. The van der Waals surface area contributed by atoms with Crippen LogP contribution < -0.4 is 20.1 Å². The minimum absolute atomic E-state index is 0.305. The van der Waals surface area contributed by atoms with Crippen LogP contribution in [0.15, 0.2) is 59.3 Å². The Kier molecular flexibility index (Phi) is 6.43. The molecule has 2 N–H and O–H groups in total. The number of amides is 2. The highest BCUT2D eigenvalue weighted by Crippen LogP contribution is 2.33. The molecule has 0 radical (unpaired) electrons. The molecule has 32 heavy (non-hydrogen) atoms. The van der Waals surface area contributed by atoms with Crippen molar-refractivity contribution in [2.75, 3.05) is 24.9 Å². The first-order valence-corrected chi connectivity index (χ1v) is 11.1. The quantitative estimate of drug-likeness (QED) is 0.405. The number of carbonyl (C=O) groups excluding carboxylic acids is 2. The zero-order valence-corrected chi connectivity index (χ0v) is 18.8. The minimum atomic E-state index is -0.833. The first-order chi connectivity index (χ1) is 15.6. The maximum atomic E-state index is 12.3. The summed E-state index contributed by atoms with van der Waals surface area (Å²) < 4.78 is 10.7. The van der Waals surface area contributed by atoms with Gasteiger partial charge in [-0.05, 0) is 24.3 Å².